The first-order valence-corrected chi connectivity index (χ1v) is 5.74. The zero-order valence-corrected chi connectivity index (χ0v) is 10.4. The van der Waals surface area contributed by atoms with E-state index in [1.807, 2.05) is 0 Å². The number of aromatic amines is 2. The van der Waals surface area contributed by atoms with Gasteiger partial charge in [-0.15, -0.1) is 0 Å². The highest BCUT2D eigenvalue weighted by atomic mass is 16.4. The molecule has 1 aromatic rings. The average Bonchev–Trinajstić information content (AvgIpc) is 2.77. The van der Waals surface area contributed by atoms with Gasteiger partial charge in [0.25, 0.3) is 5.91 Å². The summed E-state index contributed by atoms with van der Waals surface area (Å²) < 4.78 is 0. The standard InChI is InChI=1S/C11H17N3O4/c1-3-11(4-2,9(16)17)6-13-8(15)7-5-12-10(18)14-7/h5H,3-4,6H2,1-2H3,(H,13,15)(H,16,17)(H2,12,14,18). The Morgan fingerprint density at radius 3 is 2.39 bits per heavy atom. The van der Waals surface area contributed by atoms with E-state index in [-0.39, 0.29) is 12.2 Å². The van der Waals surface area contributed by atoms with E-state index in [1.54, 1.807) is 13.8 Å². The van der Waals surface area contributed by atoms with Crippen molar-refractivity contribution in [3.05, 3.63) is 22.4 Å². The fourth-order valence-corrected chi connectivity index (χ4v) is 1.68. The molecule has 1 aromatic heterocycles. The first kappa shape index (κ1) is 14.0. The van der Waals surface area contributed by atoms with Crippen LogP contribution in [0.5, 0.6) is 0 Å². The lowest BCUT2D eigenvalue weighted by Crippen LogP contribution is -2.42. The third-order valence-corrected chi connectivity index (χ3v) is 3.23. The van der Waals surface area contributed by atoms with Crippen LogP contribution < -0.4 is 11.0 Å². The molecule has 1 amide bonds. The molecule has 18 heavy (non-hydrogen) atoms. The molecule has 1 heterocycles. The maximum absolute atomic E-state index is 11.7. The Balaban J connectivity index is 2.71. The van der Waals surface area contributed by atoms with E-state index in [1.165, 1.54) is 6.20 Å². The summed E-state index contributed by atoms with van der Waals surface area (Å²) >= 11 is 0. The van der Waals surface area contributed by atoms with Gasteiger partial charge in [-0.05, 0) is 12.8 Å². The molecular weight excluding hydrogens is 238 g/mol. The van der Waals surface area contributed by atoms with Crippen LogP contribution in [-0.4, -0.2) is 33.5 Å². The van der Waals surface area contributed by atoms with Gasteiger partial charge in [0.15, 0.2) is 0 Å². The van der Waals surface area contributed by atoms with E-state index < -0.39 is 23.0 Å². The van der Waals surface area contributed by atoms with Crippen LogP contribution in [0.15, 0.2) is 11.0 Å². The van der Waals surface area contributed by atoms with Crippen LogP contribution in [0.4, 0.5) is 0 Å². The number of hydrogen-bond acceptors (Lipinski definition) is 3. The summed E-state index contributed by atoms with van der Waals surface area (Å²) in [4.78, 5) is 38.3. The molecule has 0 saturated carbocycles. The summed E-state index contributed by atoms with van der Waals surface area (Å²) in [6.45, 7) is 3.56. The molecule has 0 saturated heterocycles. The van der Waals surface area contributed by atoms with Gasteiger partial charge in [0, 0.05) is 12.7 Å². The van der Waals surface area contributed by atoms with Gasteiger partial charge in [-0.25, -0.2) is 4.79 Å². The van der Waals surface area contributed by atoms with Gasteiger partial charge in [-0.1, -0.05) is 13.8 Å². The number of nitrogens with one attached hydrogen (secondary N) is 3. The lowest BCUT2D eigenvalue weighted by atomic mass is 9.82. The minimum absolute atomic E-state index is 0.0291. The lowest BCUT2D eigenvalue weighted by molar-refractivity contribution is -0.149. The Labute approximate surface area is 104 Å². The minimum Gasteiger partial charge on any atom is -0.481 e. The molecule has 1 rings (SSSR count). The summed E-state index contributed by atoms with van der Waals surface area (Å²) in [6.07, 6.45) is 2.09. The SMILES string of the molecule is CCC(CC)(CNC(=O)c1c[nH]c(=O)[nH]1)C(=O)O. The van der Waals surface area contributed by atoms with E-state index in [9.17, 15) is 19.5 Å². The van der Waals surface area contributed by atoms with Gasteiger partial charge in [0.2, 0.25) is 0 Å². The zero-order valence-electron chi connectivity index (χ0n) is 10.4. The van der Waals surface area contributed by atoms with Crippen molar-refractivity contribution >= 4 is 11.9 Å². The van der Waals surface area contributed by atoms with E-state index >= 15 is 0 Å². The molecule has 0 fully saturated rings. The Morgan fingerprint density at radius 1 is 1.39 bits per heavy atom. The molecule has 7 heteroatoms. The van der Waals surface area contributed by atoms with Crippen LogP contribution in [0.2, 0.25) is 0 Å². The maximum Gasteiger partial charge on any atom is 0.323 e. The lowest BCUT2D eigenvalue weighted by Gasteiger charge is -2.26. The van der Waals surface area contributed by atoms with Crippen molar-refractivity contribution in [2.24, 2.45) is 5.41 Å². The van der Waals surface area contributed by atoms with Gasteiger partial charge < -0.3 is 20.4 Å². The van der Waals surface area contributed by atoms with Crippen LogP contribution in [-0.2, 0) is 4.79 Å². The van der Waals surface area contributed by atoms with Crippen molar-refractivity contribution in [1.29, 1.82) is 0 Å². The molecular formula is C11H17N3O4. The van der Waals surface area contributed by atoms with Crippen LogP contribution in [0.3, 0.4) is 0 Å². The molecule has 7 nitrogen and oxygen atoms in total. The van der Waals surface area contributed by atoms with Crippen molar-refractivity contribution in [3.8, 4) is 0 Å². The quantitative estimate of drug-likeness (QED) is 0.586. The second kappa shape index (κ2) is 5.52. The van der Waals surface area contributed by atoms with Gasteiger partial charge in [0.1, 0.15) is 5.69 Å². The topological polar surface area (TPSA) is 115 Å². The van der Waals surface area contributed by atoms with Crippen molar-refractivity contribution in [1.82, 2.24) is 15.3 Å². The molecule has 0 aliphatic heterocycles. The van der Waals surface area contributed by atoms with E-state index in [0.29, 0.717) is 12.8 Å². The van der Waals surface area contributed by atoms with Crippen molar-refractivity contribution in [2.75, 3.05) is 6.54 Å². The molecule has 0 atom stereocenters. The highest BCUT2D eigenvalue weighted by Crippen LogP contribution is 2.25. The van der Waals surface area contributed by atoms with Gasteiger partial charge >= 0.3 is 11.7 Å². The molecule has 0 spiro atoms. The highest BCUT2D eigenvalue weighted by molar-refractivity contribution is 5.92. The smallest absolute Gasteiger partial charge is 0.323 e. The molecule has 0 bridgehead atoms. The predicted octanol–water partition coefficient (Wildman–Crippen LogP) is 0.324. The molecule has 0 aliphatic rings. The van der Waals surface area contributed by atoms with Gasteiger partial charge in [-0.3, -0.25) is 9.59 Å². The molecule has 0 unspecified atom stereocenters. The number of carboxylic acids is 1. The number of carbonyl (C=O) groups is 2. The number of aromatic nitrogens is 2. The number of H-pyrrole nitrogens is 2. The first-order chi connectivity index (χ1) is 8.45. The van der Waals surface area contributed by atoms with Crippen LogP contribution >= 0.6 is 0 Å². The number of imidazole rings is 1. The predicted molar refractivity (Wildman–Crippen MR) is 64.4 cm³/mol. The van der Waals surface area contributed by atoms with E-state index in [0.717, 1.165) is 0 Å². The number of carboxylic acid groups (broad SMARTS) is 1. The molecule has 0 aromatic carbocycles. The Kier molecular flexibility index (Phi) is 4.30. The fourth-order valence-electron chi connectivity index (χ4n) is 1.68. The number of amides is 1. The molecule has 0 radical (unpaired) electrons. The highest BCUT2D eigenvalue weighted by Gasteiger charge is 2.35. The molecule has 0 aliphatic carbocycles. The first-order valence-electron chi connectivity index (χ1n) is 5.74. The second-order valence-corrected chi connectivity index (χ2v) is 4.13. The maximum atomic E-state index is 11.7. The van der Waals surface area contributed by atoms with Crippen molar-refractivity contribution < 1.29 is 14.7 Å². The molecule has 100 valence electrons. The largest absolute Gasteiger partial charge is 0.481 e. The van der Waals surface area contributed by atoms with Crippen LogP contribution in [0.25, 0.3) is 0 Å². The normalized spacial score (nSPS) is 11.2. The fraction of sp³-hybridized carbons (Fsp3) is 0.545. The molecule has 4 N–H and O–H groups in total. The average molecular weight is 255 g/mol. The Bertz CT molecular complexity index is 484. The summed E-state index contributed by atoms with van der Waals surface area (Å²) in [5.74, 6) is -1.43. The summed E-state index contributed by atoms with van der Waals surface area (Å²) in [7, 11) is 0. The zero-order chi connectivity index (χ0) is 13.8. The number of hydrogen-bond donors (Lipinski definition) is 4. The van der Waals surface area contributed by atoms with Crippen molar-refractivity contribution in [2.45, 2.75) is 26.7 Å². The van der Waals surface area contributed by atoms with Gasteiger partial charge in [0.05, 0.1) is 5.41 Å². The van der Waals surface area contributed by atoms with Crippen molar-refractivity contribution in [3.63, 3.8) is 0 Å². The third kappa shape index (κ3) is 2.79. The third-order valence-electron chi connectivity index (χ3n) is 3.23. The number of rotatable bonds is 6. The second-order valence-electron chi connectivity index (χ2n) is 4.13. The number of carbonyl (C=O) groups excluding carboxylic acids is 1. The summed E-state index contributed by atoms with van der Waals surface area (Å²) in [5.41, 5.74) is -1.35. The van der Waals surface area contributed by atoms with E-state index in [4.69, 9.17) is 0 Å². The van der Waals surface area contributed by atoms with E-state index in [2.05, 4.69) is 15.3 Å². The monoisotopic (exact) mass is 255 g/mol. The van der Waals surface area contributed by atoms with Crippen LogP contribution in [0.1, 0.15) is 37.2 Å². The summed E-state index contributed by atoms with van der Waals surface area (Å²) in [5, 5.41) is 11.7. The number of aliphatic carboxylic acids is 1. The van der Waals surface area contributed by atoms with Gasteiger partial charge in [-0.2, -0.15) is 0 Å². The summed E-state index contributed by atoms with van der Waals surface area (Å²) in [6, 6.07) is 0. The minimum atomic E-state index is -0.966. The Hall–Kier alpha value is -2.05. The van der Waals surface area contributed by atoms with Crippen LogP contribution in [0, 0.1) is 5.41 Å². The Morgan fingerprint density at radius 2 is 2.00 bits per heavy atom.